The van der Waals surface area contributed by atoms with Crippen LogP contribution in [-0.2, 0) is 4.74 Å². The van der Waals surface area contributed by atoms with Crippen molar-refractivity contribution in [3.63, 3.8) is 0 Å². The van der Waals surface area contributed by atoms with Gasteiger partial charge in [-0.15, -0.1) is 0 Å². The zero-order valence-corrected chi connectivity index (χ0v) is 9.39. The van der Waals surface area contributed by atoms with Crippen LogP contribution in [0.5, 0.6) is 0 Å². The molecule has 2 rings (SSSR count). The average molecular weight is 235 g/mol. The molecule has 6 heteroatoms. The lowest BCUT2D eigenvalue weighted by atomic mass is 10.3. The number of aromatic nitrogens is 4. The molecule has 0 spiro atoms. The number of rotatable bonds is 3. The molecule has 0 atom stereocenters. The van der Waals surface area contributed by atoms with Gasteiger partial charge >= 0.3 is 5.97 Å². The largest absolute Gasteiger partial charge is 0.461 e. The van der Waals surface area contributed by atoms with Crippen molar-refractivity contribution >= 4 is 5.97 Å². The molecule has 0 saturated heterocycles. The van der Waals surface area contributed by atoms with Gasteiger partial charge in [0, 0.05) is 18.0 Å². The minimum Gasteiger partial charge on any atom is -0.461 e. The lowest BCUT2D eigenvalue weighted by Crippen LogP contribution is -2.11. The average Bonchev–Trinajstić information content (AvgIpc) is 2.62. The Hall–Kier alpha value is -2.24. The summed E-state index contributed by atoms with van der Waals surface area (Å²) in [5.74, 6) is -0.655. The minimum absolute atomic E-state index is 0.0355. The molecule has 0 N–H and O–H groups in total. The van der Waals surface area contributed by atoms with E-state index in [0.717, 1.165) is 4.57 Å². The monoisotopic (exact) mass is 235 g/mol. The highest BCUT2D eigenvalue weighted by molar-refractivity contribution is 5.87. The van der Waals surface area contributed by atoms with Crippen LogP contribution in [-0.4, -0.2) is 32.1 Å². The summed E-state index contributed by atoms with van der Waals surface area (Å²) in [4.78, 5) is 23.3. The third-order valence-corrected chi connectivity index (χ3v) is 1.89. The molecule has 0 aliphatic rings. The molecule has 2 aromatic rings. The first-order valence-electron chi connectivity index (χ1n) is 6.49. The standard InChI is InChI=1S/C11H12N4O2/c1-3-17-10(16)9-6-8(2)13-11(14-9)15-5-4-12-7-15/h4-7H,3H2,1-2H3/i4D,5D,7D. The van der Waals surface area contributed by atoms with Crippen LogP contribution in [0.15, 0.2) is 24.7 Å². The molecule has 2 heterocycles. The van der Waals surface area contributed by atoms with Crippen LogP contribution in [0.3, 0.4) is 0 Å². The molecule has 0 aliphatic heterocycles. The van der Waals surface area contributed by atoms with Gasteiger partial charge in [-0.1, -0.05) is 0 Å². The molecule has 2 aromatic heterocycles. The van der Waals surface area contributed by atoms with E-state index < -0.39 is 5.97 Å². The van der Waals surface area contributed by atoms with E-state index in [1.165, 1.54) is 6.07 Å². The van der Waals surface area contributed by atoms with Crippen LogP contribution in [0.2, 0.25) is 0 Å². The van der Waals surface area contributed by atoms with E-state index >= 15 is 0 Å². The lowest BCUT2D eigenvalue weighted by Gasteiger charge is -2.05. The molecule has 0 amide bonds. The maximum Gasteiger partial charge on any atom is 0.357 e. The van der Waals surface area contributed by atoms with E-state index in [0.29, 0.717) is 5.69 Å². The van der Waals surface area contributed by atoms with Gasteiger partial charge in [-0.05, 0) is 19.9 Å². The van der Waals surface area contributed by atoms with Crippen molar-refractivity contribution in [2.75, 3.05) is 6.61 Å². The Morgan fingerprint density at radius 2 is 2.41 bits per heavy atom. The van der Waals surface area contributed by atoms with Crippen molar-refractivity contribution in [1.29, 1.82) is 0 Å². The van der Waals surface area contributed by atoms with E-state index in [1.54, 1.807) is 13.8 Å². The number of hydrogen-bond acceptors (Lipinski definition) is 5. The van der Waals surface area contributed by atoms with Gasteiger partial charge in [0.2, 0.25) is 5.95 Å². The summed E-state index contributed by atoms with van der Waals surface area (Å²) in [6, 6.07) is 1.45. The smallest absolute Gasteiger partial charge is 0.357 e. The SMILES string of the molecule is [2H]c1nc([2H])n(-c2nc(C)cc(C(=O)OCC)n2)c1[2H]. The first-order valence-corrected chi connectivity index (χ1v) is 4.99. The van der Waals surface area contributed by atoms with Crippen LogP contribution in [0, 0.1) is 6.92 Å². The minimum atomic E-state index is -0.608. The summed E-state index contributed by atoms with van der Waals surface area (Å²) in [6.07, 6.45) is -0.992. The molecule has 0 bridgehead atoms. The van der Waals surface area contributed by atoms with Crippen molar-refractivity contribution in [1.82, 2.24) is 19.5 Å². The summed E-state index contributed by atoms with van der Waals surface area (Å²) in [6.45, 7) is 3.55. The van der Waals surface area contributed by atoms with Crippen molar-refractivity contribution in [2.24, 2.45) is 0 Å². The fraction of sp³-hybridized carbons (Fsp3) is 0.273. The topological polar surface area (TPSA) is 69.9 Å². The second-order valence-corrected chi connectivity index (χ2v) is 3.19. The summed E-state index contributed by atoms with van der Waals surface area (Å²) in [5.41, 5.74) is 0.519. The van der Waals surface area contributed by atoms with Crippen molar-refractivity contribution in [2.45, 2.75) is 13.8 Å². The van der Waals surface area contributed by atoms with E-state index in [2.05, 4.69) is 15.0 Å². The van der Waals surface area contributed by atoms with E-state index in [1.807, 2.05) is 0 Å². The first-order chi connectivity index (χ1) is 9.43. The molecule has 0 aromatic carbocycles. The van der Waals surface area contributed by atoms with Crippen molar-refractivity contribution in [3.8, 4) is 5.95 Å². The third kappa shape index (κ3) is 2.47. The number of carbonyl (C=O) groups is 1. The molecule has 17 heavy (non-hydrogen) atoms. The highest BCUT2D eigenvalue weighted by Gasteiger charge is 2.11. The molecule has 0 fully saturated rings. The van der Waals surface area contributed by atoms with Gasteiger partial charge in [0.25, 0.3) is 0 Å². The molecular weight excluding hydrogens is 220 g/mol. The quantitative estimate of drug-likeness (QED) is 0.746. The Morgan fingerprint density at radius 3 is 3.06 bits per heavy atom. The highest BCUT2D eigenvalue weighted by Crippen LogP contribution is 2.06. The van der Waals surface area contributed by atoms with Crippen LogP contribution in [0.25, 0.3) is 5.95 Å². The van der Waals surface area contributed by atoms with Crippen LogP contribution < -0.4 is 0 Å². The first kappa shape index (κ1) is 7.94. The fourth-order valence-electron chi connectivity index (χ4n) is 1.23. The van der Waals surface area contributed by atoms with Crippen LogP contribution >= 0.6 is 0 Å². The van der Waals surface area contributed by atoms with E-state index in [4.69, 9.17) is 8.85 Å². The van der Waals surface area contributed by atoms with E-state index in [-0.39, 0.29) is 36.9 Å². The summed E-state index contributed by atoms with van der Waals surface area (Å²) in [5, 5.41) is 0. The number of hydrogen-bond donors (Lipinski definition) is 0. The maximum atomic E-state index is 11.7. The normalized spacial score (nSPS) is 12.7. The third-order valence-electron chi connectivity index (χ3n) is 1.89. The van der Waals surface area contributed by atoms with Crippen molar-refractivity contribution in [3.05, 3.63) is 36.1 Å². The Labute approximate surface area is 103 Å². The van der Waals surface area contributed by atoms with Crippen molar-refractivity contribution < 1.29 is 13.6 Å². The summed E-state index contributed by atoms with van der Waals surface area (Å²) in [7, 11) is 0. The number of esters is 1. The Kier molecular flexibility index (Phi) is 2.21. The fourth-order valence-corrected chi connectivity index (χ4v) is 1.23. The number of nitrogens with zero attached hydrogens (tertiary/aromatic N) is 4. The molecule has 6 nitrogen and oxygen atoms in total. The molecule has 0 aliphatic carbocycles. The number of imidazole rings is 1. The number of ether oxygens (including phenoxy) is 1. The predicted octanol–water partition coefficient (Wildman–Crippen LogP) is 1.15. The highest BCUT2D eigenvalue weighted by atomic mass is 16.5. The van der Waals surface area contributed by atoms with Gasteiger partial charge in [-0.3, -0.25) is 4.57 Å². The summed E-state index contributed by atoms with van der Waals surface area (Å²) >= 11 is 0. The van der Waals surface area contributed by atoms with Gasteiger partial charge in [0.15, 0.2) is 5.69 Å². The second kappa shape index (κ2) is 4.73. The van der Waals surface area contributed by atoms with Gasteiger partial charge in [-0.25, -0.2) is 19.7 Å². The molecule has 0 unspecified atom stereocenters. The lowest BCUT2D eigenvalue weighted by molar-refractivity contribution is 0.0519. The zero-order chi connectivity index (χ0) is 14.9. The predicted molar refractivity (Wildman–Crippen MR) is 59.8 cm³/mol. The van der Waals surface area contributed by atoms with Crippen LogP contribution in [0.1, 0.15) is 27.2 Å². The van der Waals surface area contributed by atoms with Gasteiger partial charge in [-0.2, -0.15) is 0 Å². The van der Waals surface area contributed by atoms with Crippen LogP contribution in [0.4, 0.5) is 0 Å². The number of aryl methyl sites for hydroxylation is 1. The second-order valence-electron chi connectivity index (χ2n) is 3.19. The van der Waals surface area contributed by atoms with Gasteiger partial charge in [0.1, 0.15) is 7.67 Å². The Balaban J connectivity index is 2.55. The molecular formula is C11H12N4O2. The summed E-state index contributed by atoms with van der Waals surface area (Å²) < 4.78 is 28.5. The molecule has 0 radical (unpaired) electrons. The van der Waals surface area contributed by atoms with Gasteiger partial charge in [0.05, 0.1) is 9.35 Å². The Morgan fingerprint density at radius 1 is 1.59 bits per heavy atom. The Bertz CT molecular complexity index is 672. The van der Waals surface area contributed by atoms with Gasteiger partial charge < -0.3 is 4.74 Å². The zero-order valence-electron chi connectivity index (χ0n) is 12.4. The molecule has 88 valence electrons. The molecule has 0 saturated carbocycles. The van der Waals surface area contributed by atoms with E-state index in [9.17, 15) is 4.79 Å². The maximum absolute atomic E-state index is 11.7. The number of carbonyl (C=O) groups excluding carboxylic acids is 1.